The topological polar surface area (TPSA) is 37.4 Å². The minimum Gasteiger partial charge on any atom is -0.294 e. The molecule has 0 saturated carbocycles. The predicted molar refractivity (Wildman–Crippen MR) is 113 cm³/mol. The first-order chi connectivity index (χ1) is 13.5. The molecule has 28 heavy (non-hydrogen) atoms. The number of amides is 1. The van der Waals surface area contributed by atoms with Gasteiger partial charge in [0, 0.05) is 35.1 Å². The van der Waals surface area contributed by atoms with Crippen LogP contribution in [-0.4, -0.2) is 11.7 Å². The second-order valence-corrected chi connectivity index (χ2v) is 7.81. The molecule has 0 saturated heterocycles. The molecule has 2 aromatic carbocycles. The fourth-order valence-corrected chi connectivity index (χ4v) is 4.26. The first-order valence-electron chi connectivity index (χ1n) is 9.63. The van der Waals surface area contributed by atoms with Gasteiger partial charge in [-0.1, -0.05) is 60.2 Å². The zero-order chi connectivity index (χ0) is 19.7. The lowest BCUT2D eigenvalue weighted by atomic mass is 9.80. The van der Waals surface area contributed by atoms with Gasteiger partial charge in [0.2, 0.25) is 5.91 Å². The van der Waals surface area contributed by atoms with Crippen LogP contribution in [0.15, 0.2) is 65.9 Å². The monoisotopic (exact) mass is 391 g/mol. The Morgan fingerprint density at radius 2 is 1.86 bits per heavy atom. The zero-order valence-corrected chi connectivity index (χ0v) is 16.6. The van der Waals surface area contributed by atoms with Crippen LogP contribution in [0, 0.1) is 12.8 Å². The molecule has 0 radical (unpaired) electrons. The van der Waals surface area contributed by atoms with E-state index in [-0.39, 0.29) is 17.6 Å². The molecule has 3 nitrogen and oxygen atoms in total. The van der Waals surface area contributed by atoms with Crippen molar-refractivity contribution in [2.75, 3.05) is 4.90 Å². The number of carbonyl (C=O) groups excluding carboxylic acids is 2. The third-order valence-corrected chi connectivity index (χ3v) is 5.68. The van der Waals surface area contributed by atoms with E-state index < -0.39 is 0 Å². The second-order valence-electron chi connectivity index (χ2n) is 7.38. The molecule has 4 heteroatoms. The van der Waals surface area contributed by atoms with E-state index in [2.05, 4.69) is 0 Å². The van der Waals surface area contributed by atoms with Crippen LogP contribution in [0.5, 0.6) is 0 Å². The average molecular weight is 392 g/mol. The summed E-state index contributed by atoms with van der Waals surface area (Å²) in [6, 6.07) is 15.5. The van der Waals surface area contributed by atoms with Gasteiger partial charge in [0.05, 0.1) is 5.69 Å². The number of Topliss-reactive ketones (excluding diaryl/α,β-unsaturated/α-hetero) is 1. The molecular formula is C24H22ClNO2. The lowest BCUT2D eigenvalue weighted by Crippen LogP contribution is -2.41. The van der Waals surface area contributed by atoms with Crippen LogP contribution in [0.1, 0.15) is 36.8 Å². The minimum absolute atomic E-state index is 0.0153. The maximum Gasteiger partial charge on any atom is 0.232 e. The van der Waals surface area contributed by atoms with Crippen LogP contribution in [-0.2, 0) is 9.59 Å². The number of aryl methyl sites for hydroxylation is 1. The highest BCUT2D eigenvalue weighted by molar-refractivity contribution is 6.31. The van der Waals surface area contributed by atoms with Crippen molar-refractivity contribution >= 4 is 35.1 Å². The Morgan fingerprint density at radius 3 is 2.64 bits per heavy atom. The number of benzene rings is 2. The van der Waals surface area contributed by atoms with E-state index in [0.29, 0.717) is 17.9 Å². The fraction of sp³-hybridized carbons (Fsp3) is 0.250. The summed E-state index contributed by atoms with van der Waals surface area (Å²) in [4.78, 5) is 27.7. The second kappa shape index (κ2) is 7.76. The Labute approximate surface area is 170 Å². The van der Waals surface area contributed by atoms with E-state index in [4.69, 9.17) is 11.6 Å². The number of allylic oxidation sites excluding steroid dienone is 3. The summed E-state index contributed by atoms with van der Waals surface area (Å²) in [6.45, 7) is 1.96. The quantitative estimate of drug-likeness (QED) is 0.670. The van der Waals surface area contributed by atoms with E-state index in [1.165, 1.54) is 0 Å². The van der Waals surface area contributed by atoms with E-state index in [1.54, 1.807) is 4.90 Å². The minimum atomic E-state index is -0.175. The number of carbonyl (C=O) groups is 2. The molecule has 0 aromatic heterocycles. The number of ketones is 1. The standard InChI is InChI=1S/C24H22ClNO2/c1-16-10-13-19(25)15-21(16)26-20-8-5-9-22(27)24(20)18(14-23(26)28)12-11-17-6-3-2-4-7-17/h2-4,6-7,10-13,15,18H,5,8-9,14H2,1H3/b12-11+. The number of anilines is 1. The van der Waals surface area contributed by atoms with Crippen molar-refractivity contribution in [3.8, 4) is 0 Å². The molecule has 1 aliphatic heterocycles. The molecule has 142 valence electrons. The summed E-state index contributed by atoms with van der Waals surface area (Å²) < 4.78 is 0. The Kier molecular flexibility index (Phi) is 5.19. The molecule has 1 heterocycles. The van der Waals surface area contributed by atoms with Crippen molar-refractivity contribution in [3.05, 3.63) is 82.0 Å². The smallest absolute Gasteiger partial charge is 0.232 e. The summed E-state index contributed by atoms with van der Waals surface area (Å²) >= 11 is 6.20. The molecule has 0 spiro atoms. The lowest BCUT2D eigenvalue weighted by molar-refractivity contribution is -0.120. The van der Waals surface area contributed by atoms with E-state index in [0.717, 1.165) is 40.9 Å². The van der Waals surface area contributed by atoms with Gasteiger partial charge in [-0.05, 0) is 43.0 Å². The molecule has 0 N–H and O–H groups in total. The number of nitrogens with zero attached hydrogens (tertiary/aromatic N) is 1. The zero-order valence-electron chi connectivity index (χ0n) is 15.8. The molecule has 4 rings (SSSR count). The van der Waals surface area contributed by atoms with E-state index >= 15 is 0 Å². The Hall–Kier alpha value is -2.65. The summed E-state index contributed by atoms with van der Waals surface area (Å²) in [6.07, 6.45) is 6.36. The SMILES string of the molecule is Cc1ccc(Cl)cc1N1C(=O)CC(/C=C/c2ccccc2)C2=C1CCCC2=O. The Bertz CT molecular complexity index is 991. The van der Waals surface area contributed by atoms with Gasteiger partial charge >= 0.3 is 0 Å². The third kappa shape index (κ3) is 3.55. The molecule has 2 aliphatic rings. The van der Waals surface area contributed by atoms with E-state index in [1.807, 2.05) is 67.6 Å². The van der Waals surface area contributed by atoms with Gasteiger partial charge in [0.1, 0.15) is 0 Å². The maximum atomic E-state index is 13.1. The summed E-state index contributed by atoms with van der Waals surface area (Å²) in [7, 11) is 0. The van der Waals surface area contributed by atoms with Crippen molar-refractivity contribution in [2.45, 2.75) is 32.6 Å². The van der Waals surface area contributed by atoms with Gasteiger partial charge in [-0.3, -0.25) is 14.5 Å². The van der Waals surface area contributed by atoms with Crippen LogP contribution >= 0.6 is 11.6 Å². The van der Waals surface area contributed by atoms with E-state index in [9.17, 15) is 9.59 Å². The number of hydrogen-bond donors (Lipinski definition) is 0. The van der Waals surface area contributed by atoms with Gasteiger partial charge in [0.15, 0.2) is 5.78 Å². The number of rotatable bonds is 3. The van der Waals surface area contributed by atoms with Gasteiger partial charge in [0.25, 0.3) is 0 Å². The van der Waals surface area contributed by atoms with Gasteiger partial charge in [-0.2, -0.15) is 0 Å². The van der Waals surface area contributed by atoms with Crippen LogP contribution in [0.3, 0.4) is 0 Å². The Balaban J connectivity index is 1.78. The van der Waals surface area contributed by atoms with Crippen molar-refractivity contribution in [1.82, 2.24) is 0 Å². The van der Waals surface area contributed by atoms with Gasteiger partial charge in [-0.25, -0.2) is 0 Å². The maximum absolute atomic E-state index is 13.1. The Morgan fingerprint density at radius 1 is 1.07 bits per heavy atom. The van der Waals surface area contributed by atoms with Crippen LogP contribution in [0.2, 0.25) is 5.02 Å². The molecule has 0 fully saturated rings. The fourth-order valence-electron chi connectivity index (χ4n) is 4.09. The highest BCUT2D eigenvalue weighted by Gasteiger charge is 2.38. The summed E-state index contributed by atoms with van der Waals surface area (Å²) in [5, 5.41) is 0.587. The molecule has 1 atom stereocenters. The van der Waals surface area contributed by atoms with Crippen molar-refractivity contribution < 1.29 is 9.59 Å². The highest BCUT2D eigenvalue weighted by Crippen LogP contribution is 2.41. The molecule has 1 unspecified atom stereocenters. The van der Waals surface area contributed by atoms with Crippen LogP contribution < -0.4 is 4.90 Å². The molecule has 0 bridgehead atoms. The average Bonchev–Trinajstić information content (AvgIpc) is 2.69. The lowest BCUT2D eigenvalue weighted by Gasteiger charge is -2.38. The van der Waals surface area contributed by atoms with Crippen molar-refractivity contribution in [1.29, 1.82) is 0 Å². The first kappa shape index (κ1) is 18.7. The molecular weight excluding hydrogens is 370 g/mol. The summed E-state index contributed by atoms with van der Waals surface area (Å²) in [5.41, 5.74) is 4.46. The summed E-state index contributed by atoms with van der Waals surface area (Å²) in [5.74, 6) is -0.00563. The number of halogens is 1. The van der Waals surface area contributed by atoms with Gasteiger partial charge in [-0.15, -0.1) is 0 Å². The molecule has 2 aromatic rings. The van der Waals surface area contributed by atoms with Crippen molar-refractivity contribution in [2.24, 2.45) is 5.92 Å². The first-order valence-corrected chi connectivity index (χ1v) is 10.0. The largest absolute Gasteiger partial charge is 0.294 e. The molecule has 1 aliphatic carbocycles. The van der Waals surface area contributed by atoms with Crippen LogP contribution in [0.25, 0.3) is 6.08 Å². The number of hydrogen-bond acceptors (Lipinski definition) is 2. The normalized spacial score (nSPS) is 20.1. The van der Waals surface area contributed by atoms with Crippen molar-refractivity contribution in [3.63, 3.8) is 0 Å². The highest BCUT2D eigenvalue weighted by atomic mass is 35.5. The predicted octanol–water partition coefficient (Wildman–Crippen LogP) is 5.72. The van der Waals surface area contributed by atoms with Crippen LogP contribution in [0.4, 0.5) is 5.69 Å². The molecule has 1 amide bonds. The van der Waals surface area contributed by atoms with Gasteiger partial charge < -0.3 is 0 Å². The third-order valence-electron chi connectivity index (χ3n) is 5.45.